The molecular formula is C32H53N3O4. The van der Waals surface area contributed by atoms with Crippen LogP contribution in [0.5, 0.6) is 0 Å². The monoisotopic (exact) mass is 543 g/mol. The van der Waals surface area contributed by atoms with E-state index in [4.69, 9.17) is 4.74 Å². The molecule has 1 spiro atoms. The molecule has 6 rings (SSSR count). The molecule has 3 saturated carbocycles. The van der Waals surface area contributed by atoms with Gasteiger partial charge in [0, 0.05) is 50.7 Å². The van der Waals surface area contributed by atoms with Crippen LogP contribution < -0.4 is 0 Å². The van der Waals surface area contributed by atoms with Crippen molar-refractivity contribution in [2.45, 2.75) is 121 Å². The van der Waals surface area contributed by atoms with Gasteiger partial charge in [0.25, 0.3) is 0 Å². The Hall–Kier alpha value is -1.18. The van der Waals surface area contributed by atoms with Crippen molar-refractivity contribution in [1.82, 2.24) is 14.7 Å². The fraction of sp³-hybridized carbons (Fsp3) is 0.938. The lowest BCUT2D eigenvalue weighted by Crippen LogP contribution is -2.68. The number of aliphatic hydroxyl groups excluding tert-OH is 1. The molecule has 3 heterocycles. The van der Waals surface area contributed by atoms with Gasteiger partial charge in [-0.3, -0.25) is 14.5 Å². The fourth-order valence-corrected chi connectivity index (χ4v) is 10.3. The van der Waals surface area contributed by atoms with Gasteiger partial charge >= 0.3 is 0 Å². The van der Waals surface area contributed by atoms with Crippen molar-refractivity contribution in [2.24, 2.45) is 29.1 Å². The number of ether oxygens (including phenoxy) is 1. The molecule has 0 aromatic carbocycles. The maximum atomic E-state index is 14.1. The molecule has 0 radical (unpaired) electrons. The van der Waals surface area contributed by atoms with E-state index in [0.717, 1.165) is 90.3 Å². The average molecular weight is 544 g/mol. The van der Waals surface area contributed by atoms with Crippen LogP contribution in [0.2, 0.25) is 0 Å². The number of hydrogen-bond donors (Lipinski definition) is 1. The van der Waals surface area contributed by atoms with E-state index in [2.05, 4.69) is 21.7 Å². The highest BCUT2D eigenvalue weighted by molar-refractivity contribution is 5.80. The molecule has 7 heteroatoms. The zero-order chi connectivity index (χ0) is 27.1. The number of aliphatic hydroxyl groups is 1. The third-order valence-electron chi connectivity index (χ3n) is 12.4. The standard InChI is InChI=1S/C32H53N3O4/c1-33-26-19-24(39-2)13-14-25(26)28-29(33)27(20-36)35(31(38)23-11-7-4-8-12-23)21-32(28)15-17-34(18-16-32)30(37)22-9-5-3-6-10-22/h22-29,36H,3-21H2,1-2H3/t24?,25?,26?,27-,28?,29?/m1/s1. The molecule has 0 aromatic rings. The molecule has 0 aromatic heterocycles. The van der Waals surface area contributed by atoms with Crippen LogP contribution in [0.3, 0.4) is 0 Å². The molecule has 6 aliphatic rings. The Morgan fingerprint density at radius 1 is 0.872 bits per heavy atom. The second kappa shape index (κ2) is 11.6. The summed E-state index contributed by atoms with van der Waals surface area (Å²) in [4.78, 5) is 34.5. The lowest BCUT2D eigenvalue weighted by atomic mass is 9.57. The van der Waals surface area contributed by atoms with Crippen molar-refractivity contribution in [2.75, 3.05) is 40.4 Å². The molecule has 1 N–H and O–H groups in total. The Labute approximate surface area is 236 Å². The third kappa shape index (κ3) is 4.97. The van der Waals surface area contributed by atoms with Crippen molar-refractivity contribution in [1.29, 1.82) is 0 Å². The Morgan fingerprint density at radius 3 is 2.08 bits per heavy atom. The van der Waals surface area contributed by atoms with Gasteiger partial charge < -0.3 is 19.6 Å². The van der Waals surface area contributed by atoms with Gasteiger partial charge in [0.15, 0.2) is 0 Å². The Morgan fingerprint density at radius 2 is 1.49 bits per heavy atom. The molecule has 2 amide bonds. The number of carbonyl (C=O) groups excluding carboxylic acids is 2. The molecule has 3 aliphatic carbocycles. The zero-order valence-electron chi connectivity index (χ0n) is 24.6. The van der Waals surface area contributed by atoms with Gasteiger partial charge in [-0.2, -0.15) is 0 Å². The van der Waals surface area contributed by atoms with Gasteiger partial charge in [-0.05, 0) is 82.1 Å². The highest BCUT2D eigenvalue weighted by Crippen LogP contribution is 2.58. The van der Waals surface area contributed by atoms with Crippen LogP contribution in [0.25, 0.3) is 0 Å². The number of likely N-dealkylation sites (N-methyl/N-ethyl adjacent to an activating group) is 1. The first-order chi connectivity index (χ1) is 19.0. The van der Waals surface area contributed by atoms with Crippen LogP contribution in [0.4, 0.5) is 0 Å². The predicted octanol–water partition coefficient (Wildman–Crippen LogP) is 4.07. The number of hydrogen-bond acceptors (Lipinski definition) is 5. The number of amides is 2. The Kier molecular flexibility index (Phi) is 8.32. The van der Waals surface area contributed by atoms with E-state index >= 15 is 0 Å². The van der Waals surface area contributed by atoms with E-state index in [1.165, 1.54) is 25.7 Å². The Bertz CT molecular complexity index is 877. The van der Waals surface area contributed by atoms with Crippen LogP contribution in [0.1, 0.15) is 96.3 Å². The topological polar surface area (TPSA) is 73.3 Å². The van der Waals surface area contributed by atoms with Crippen molar-refractivity contribution >= 4 is 11.8 Å². The first-order valence-corrected chi connectivity index (χ1v) is 16.4. The summed E-state index contributed by atoms with van der Waals surface area (Å²) >= 11 is 0. The molecular weight excluding hydrogens is 490 g/mol. The number of nitrogens with zero attached hydrogens (tertiary/aromatic N) is 3. The van der Waals surface area contributed by atoms with Crippen LogP contribution in [0, 0.1) is 29.1 Å². The highest BCUT2D eigenvalue weighted by atomic mass is 16.5. The van der Waals surface area contributed by atoms with Crippen LogP contribution in [0.15, 0.2) is 0 Å². The minimum atomic E-state index is -0.131. The lowest BCUT2D eigenvalue weighted by molar-refractivity contribution is -0.159. The van der Waals surface area contributed by atoms with E-state index in [1.54, 1.807) is 0 Å². The van der Waals surface area contributed by atoms with Crippen molar-refractivity contribution in [3.8, 4) is 0 Å². The SMILES string of the molecule is COC1CCC2C(C1)N(C)C1C2C2(CCN(C(=O)C3CCCCC3)CC2)CN(C(=O)C2CCCCC2)[C@@H]1CO. The molecule has 220 valence electrons. The van der Waals surface area contributed by atoms with Gasteiger partial charge in [-0.15, -0.1) is 0 Å². The normalized spacial score (nSPS) is 38.0. The summed E-state index contributed by atoms with van der Waals surface area (Å²) in [5.74, 6) is 2.06. The van der Waals surface area contributed by atoms with Gasteiger partial charge in [0.2, 0.25) is 11.8 Å². The molecule has 6 fully saturated rings. The van der Waals surface area contributed by atoms with E-state index in [0.29, 0.717) is 35.8 Å². The predicted molar refractivity (Wildman–Crippen MR) is 151 cm³/mol. The quantitative estimate of drug-likeness (QED) is 0.579. The van der Waals surface area contributed by atoms with Gasteiger partial charge in [-0.25, -0.2) is 0 Å². The number of carbonyl (C=O) groups is 2. The summed E-state index contributed by atoms with van der Waals surface area (Å²) in [6.45, 7) is 2.47. The number of piperidine rings is 2. The molecule has 3 saturated heterocycles. The molecule has 5 unspecified atom stereocenters. The molecule has 3 aliphatic heterocycles. The Balaban J connectivity index is 1.29. The fourth-order valence-electron chi connectivity index (χ4n) is 10.3. The summed E-state index contributed by atoms with van der Waals surface area (Å²) < 4.78 is 5.84. The maximum Gasteiger partial charge on any atom is 0.226 e. The third-order valence-corrected chi connectivity index (χ3v) is 12.4. The van der Waals surface area contributed by atoms with Gasteiger partial charge in [0.1, 0.15) is 0 Å². The van der Waals surface area contributed by atoms with Gasteiger partial charge in [-0.1, -0.05) is 38.5 Å². The number of methoxy groups -OCH3 is 1. The van der Waals surface area contributed by atoms with E-state index < -0.39 is 0 Å². The second-order valence-corrected chi connectivity index (χ2v) is 14.2. The minimum Gasteiger partial charge on any atom is -0.394 e. The largest absolute Gasteiger partial charge is 0.394 e. The number of fused-ring (bicyclic) bond motifs is 4. The molecule has 39 heavy (non-hydrogen) atoms. The van der Waals surface area contributed by atoms with Crippen molar-refractivity contribution < 1.29 is 19.4 Å². The second-order valence-electron chi connectivity index (χ2n) is 14.2. The first kappa shape index (κ1) is 28.0. The number of likely N-dealkylation sites (tertiary alicyclic amines) is 3. The van der Waals surface area contributed by atoms with E-state index in [-0.39, 0.29) is 35.9 Å². The first-order valence-electron chi connectivity index (χ1n) is 16.4. The number of rotatable bonds is 4. The van der Waals surface area contributed by atoms with Crippen LogP contribution >= 0.6 is 0 Å². The van der Waals surface area contributed by atoms with Crippen molar-refractivity contribution in [3.63, 3.8) is 0 Å². The maximum absolute atomic E-state index is 14.1. The zero-order valence-corrected chi connectivity index (χ0v) is 24.6. The molecule has 6 atom stereocenters. The van der Waals surface area contributed by atoms with E-state index in [9.17, 15) is 14.7 Å². The molecule has 7 nitrogen and oxygen atoms in total. The average Bonchev–Trinajstić information content (AvgIpc) is 3.30. The van der Waals surface area contributed by atoms with Crippen LogP contribution in [-0.4, -0.2) is 96.2 Å². The van der Waals surface area contributed by atoms with Crippen molar-refractivity contribution in [3.05, 3.63) is 0 Å². The van der Waals surface area contributed by atoms with Crippen LogP contribution in [-0.2, 0) is 14.3 Å². The summed E-state index contributed by atoms with van der Waals surface area (Å²) in [5, 5.41) is 10.9. The summed E-state index contributed by atoms with van der Waals surface area (Å²) in [7, 11) is 4.10. The molecule has 0 bridgehead atoms. The van der Waals surface area contributed by atoms with E-state index in [1.807, 2.05) is 7.11 Å². The summed E-state index contributed by atoms with van der Waals surface area (Å²) in [6, 6.07) is 0.493. The minimum absolute atomic E-state index is 0.0254. The summed E-state index contributed by atoms with van der Waals surface area (Å²) in [5.41, 5.74) is 0.0254. The summed E-state index contributed by atoms with van der Waals surface area (Å²) in [6.07, 6.45) is 16.9. The highest BCUT2D eigenvalue weighted by Gasteiger charge is 2.64. The van der Waals surface area contributed by atoms with Gasteiger partial charge in [0.05, 0.1) is 18.8 Å². The lowest BCUT2D eigenvalue weighted by Gasteiger charge is -2.58. The smallest absolute Gasteiger partial charge is 0.226 e.